The first-order valence-corrected chi connectivity index (χ1v) is 9.65. The molecular formula is C19H23NO5S. The van der Waals surface area contributed by atoms with Crippen LogP contribution in [-0.4, -0.2) is 27.6 Å². The molecule has 2 aromatic carbocycles. The molecule has 7 heteroatoms. The molecule has 140 valence electrons. The van der Waals surface area contributed by atoms with Crippen LogP contribution in [0.2, 0.25) is 0 Å². The van der Waals surface area contributed by atoms with Crippen LogP contribution in [0.3, 0.4) is 0 Å². The van der Waals surface area contributed by atoms with Gasteiger partial charge in [-0.2, -0.15) is 0 Å². The van der Waals surface area contributed by atoms with Crippen molar-refractivity contribution in [3.63, 3.8) is 0 Å². The lowest BCUT2D eigenvalue weighted by atomic mass is 10.1. The molecule has 0 aliphatic heterocycles. The molecule has 0 unspecified atom stereocenters. The minimum atomic E-state index is -3.72. The maximum atomic E-state index is 12.6. The van der Waals surface area contributed by atoms with E-state index in [1.807, 2.05) is 32.0 Å². The molecule has 0 radical (unpaired) electrons. The molecule has 2 aromatic rings. The van der Waals surface area contributed by atoms with Gasteiger partial charge < -0.3 is 9.47 Å². The highest BCUT2D eigenvalue weighted by molar-refractivity contribution is 7.89. The molecule has 0 aliphatic rings. The van der Waals surface area contributed by atoms with Gasteiger partial charge in [-0.25, -0.2) is 17.9 Å². The Morgan fingerprint density at radius 1 is 1.15 bits per heavy atom. The lowest BCUT2D eigenvalue weighted by Crippen LogP contribution is -2.24. The summed E-state index contributed by atoms with van der Waals surface area (Å²) in [6.07, 6.45) is 0.0397. The number of carbonyl (C=O) groups is 1. The summed E-state index contributed by atoms with van der Waals surface area (Å²) in [6.45, 7) is 5.63. The normalized spacial score (nSPS) is 11.4. The zero-order chi connectivity index (χ0) is 19.3. The van der Waals surface area contributed by atoms with Gasteiger partial charge in [0.2, 0.25) is 10.0 Å². The minimum absolute atomic E-state index is 0.0397. The van der Waals surface area contributed by atoms with Crippen LogP contribution in [0.25, 0.3) is 0 Å². The maximum Gasteiger partial charge on any atom is 0.337 e. The number of benzene rings is 2. The molecule has 0 atom stereocenters. The molecule has 26 heavy (non-hydrogen) atoms. The summed E-state index contributed by atoms with van der Waals surface area (Å²) in [7, 11) is -2.44. The van der Waals surface area contributed by atoms with Gasteiger partial charge in [-0.1, -0.05) is 12.1 Å². The van der Waals surface area contributed by atoms with E-state index < -0.39 is 16.0 Å². The molecule has 2 rings (SSSR count). The monoisotopic (exact) mass is 377 g/mol. The highest BCUT2D eigenvalue weighted by Crippen LogP contribution is 2.19. The number of aryl methyl sites for hydroxylation is 1. The number of methoxy groups -OCH3 is 1. The predicted octanol–water partition coefficient (Wildman–Crippen LogP) is 3.05. The van der Waals surface area contributed by atoms with Crippen molar-refractivity contribution >= 4 is 16.0 Å². The van der Waals surface area contributed by atoms with Gasteiger partial charge in [-0.3, -0.25) is 0 Å². The fraction of sp³-hybridized carbons (Fsp3) is 0.316. The van der Waals surface area contributed by atoms with Crippen molar-refractivity contribution in [1.29, 1.82) is 0 Å². The Kier molecular flexibility index (Phi) is 6.39. The number of hydrogen-bond acceptors (Lipinski definition) is 5. The molecule has 0 spiro atoms. The Labute approximate surface area is 154 Å². The van der Waals surface area contributed by atoms with E-state index in [2.05, 4.69) is 9.46 Å². The summed E-state index contributed by atoms with van der Waals surface area (Å²) in [5.74, 6) is 0.183. The first-order chi connectivity index (χ1) is 12.2. The van der Waals surface area contributed by atoms with E-state index in [9.17, 15) is 13.2 Å². The number of sulfonamides is 1. The van der Waals surface area contributed by atoms with Crippen molar-refractivity contribution in [2.24, 2.45) is 0 Å². The molecule has 0 bridgehead atoms. The molecule has 0 aliphatic carbocycles. The van der Waals surface area contributed by atoms with E-state index >= 15 is 0 Å². The molecule has 0 aromatic heterocycles. The van der Waals surface area contributed by atoms with Gasteiger partial charge in [0.1, 0.15) is 5.75 Å². The summed E-state index contributed by atoms with van der Waals surface area (Å²) in [6, 6.07) is 11.6. The summed E-state index contributed by atoms with van der Waals surface area (Å²) in [5, 5.41) is 0. The Balaban J connectivity index is 2.15. The maximum absolute atomic E-state index is 12.6. The second-order valence-corrected chi connectivity index (χ2v) is 7.85. The van der Waals surface area contributed by atoms with Gasteiger partial charge in [-0.15, -0.1) is 0 Å². The number of carbonyl (C=O) groups excluding carboxylic acids is 1. The fourth-order valence-corrected chi connectivity index (χ4v) is 3.69. The molecule has 0 amide bonds. The standard InChI is InChI=1S/C19H23NO5S/c1-13(2)25-17-7-5-6-15(11-17)12-20-26(22,23)18-9-8-16(10-14(18)3)19(21)24-4/h5-11,13,20H,12H2,1-4H3. The summed E-state index contributed by atoms with van der Waals surface area (Å²) in [5.41, 5.74) is 1.57. The minimum Gasteiger partial charge on any atom is -0.491 e. The van der Waals surface area contributed by atoms with Crippen molar-refractivity contribution < 1.29 is 22.7 Å². The molecular weight excluding hydrogens is 354 g/mol. The van der Waals surface area contributed by atoms with Crippen LogP contribution in [0, 0.1) is 6.92 Å². The number of hydrogen-bond donors (Lipinski definition) is 1. The predicted molar refractivity (Wildman–Crippen MR) is 98.8 cm³/mol. The summed E-state index contributed by atoms with van der Waals surface area (Å²) >= 11 is 0. The first-order valence-electron chi connectivity index (χ1n) is 8.17. The van der Waals surface area contributed by atoms with Crippen LogP contribution in [-0.2, 0) is 21.3 Å². The topological polar surface area (TPSA) is 81.7 Å². The fourth-order valence-electron chi connectivity index (χ4n) is 2.45. The van der Waals surface area contributed by atoms with Gasteiger partial charge in [0, 0.05) is 6.54 Å². The number of nitrogens with one attached hydrogen (secondary N) is 1. The summed E-state index contributed by atoms with van der Waals surface area (Å²) < 4.78 is 38.0. The average molecular weight is 377 g/mol. The van der Waals surface area contributed by atoms with Crippen LogP contribution in [0.4, 0.5) is 0 Å². The van der Waals surface area contributed by atoms with Crippen LogP contribution in [0.1, 0.15) is 35.3 Å². The lowest BCUT2D eigenvalue weighted by molar-refractivity contribution is 0.0600. The molecule has 0 fully saturated rings. The number of ether oxygens (including phenoxy) is 2. The third-order valence-corrected chi connectivity index (χ3v) is 5.18. The Morgan fingerprint density at radius 2 is 1.88 bits per heavy atom. The Bertz CT molecular complexity index is 891. The number of esters is 1. The van der Waals surface area contributed by atoms with Crippen LogP contribution in [0.5, 0.6) is 5.75 Å². The number of rotatable bonds is 7. The van der Waals surface area contributed by atoms with Crippen molar-refractivity contribution in [1.82, 2.24) is 4.72 Å². The van der Waals surface area contributed by atoms with E-state index in [1.54, 1.807) is 13.0 Å². The van der Waals surface area contributed by atoms with Gasteiger partial charge in [0.15, 0.2) is 0 Å². The largest absolute Gasteiger partial charge is 0.491 e. The van der Waals surface area contributed by atoms with E-state index in [1.165, 1.54) is 25.3 Å². The van der Waals surface area contributed by atoms with Gasteiger partial charge in [0.25, 0.3) is 0 Å². The quantitative estimate of drug-likeness (QED) is 0.750. The van der Waals surface area contributed by atoms with Crippen molar-refractivity contribution in [2.45, 2.75) is 38.3 Å². The smallest absolute Gasteiger partial charge is 0.337 e. The van der Waals surface area contributed by atoms with Gasteiger partial charge in [0.05, 0.1) is 23.7 Å². The molecule has 0 saturated carbocycles. The third kappa shape index (κ3) is 5.06. The molecule has 6 nitrogen and oxygen atoms in total. The van der Waals surface area contributed by atoms with Crippen LogP contribution < -0.4 is 9.46 Å². The molecule has 1 N–H and O–H groups in total. The van der Waals surface area contributed by atoms with Gasteiger partial charge >= 0.3 is 5.97 Å². The van der Waals surface area contributed by atoms with Crippen molar-refractivity contribution in [3.8, 4) is 5.75 Å². The second-order valence-electron chi connectivity index (χ2n) is 6.11. The zero-order valence-corrected chi connectivity index (χ0v) is 16.1. The van der Waals surface area contributed by atoms with Crippen molar-refractivity contribution in [3.05, 3.63) is 59.2 Å². The van der Waals surface area contributed by atoms with E-state index in [-0.39, 0.29) is 17.5 Å². The highest BCUT2D eigenvalue weighted by Gasteiger charge is 2.18. The summed E-state index contributed by atoms with van der Waals surface area (Å²) in [4.78, 5) is 11.7. The van der Waals surface area contributed by atoms with E-state index in [0.29, 0.717) is 16.9 Å². The molecule has 0 heterocycles. The molecule has 0 saturated heterocycles. The highest BCUT2D eigenvalue weighted by atomic mass is 32.2. The average Bonchev–Trinajstić information content (AvgIpc) is 2.59. The Hall–Kier alpha value is -2.38. The second kappa shape index (κ2) is 8.33. The van der Waals surface area contributed by atoms with Crippen LogP contribution >= 0.6 is 0 Å². The van der Waals surface area contributed by atoms with Gasteiger partial charge in [-0.05, 0) is 62.2 Å². The third-order valence-electron chi connectivity index (χ3n) is 3.62. The van der Waals surface area contributed by atoms with E-state index in [4.69, 9.17) is 4.74 Å². The van der Waals surface area contributed by atoms with Crippen LogP contribution in [0.15, 0.2) is 47.4 Å². The van der Waals surface area contributed by atoms with E-state index in [0.717, 1.165) is 5.56 Å². The van der Waals surface area contributed by atoms with Crippen molar-refractivity contribution in [2.75, 3.05) is 7.11 Å². The first kappa shape index (κ1) is 19.9. The SMILES string of the molecule is COC(=O)c1ccc(S(=O)(=O)NCc2cccc(OC(C)C)c2)c(C)c1. The lowest BCUT2D eigenvalue weighted by Gasteiger charge is -2.12. The zero-order valence-electron chi connectivity index (χ0n) is 15.3. The Morgan fingerprint density at radius 3 is 2.50 bits per heavy atom.